The third-order valence-corrected chi connectivity index (χ3v) is 5.36. The van der Waals surface area contributed by atoms with Crippen molar-refractivity contribution < 1.29 is 4.79 Å². The van der Waals surface area contributed by atoms with Crippen molar-refractivity contribution in [1.29, 1.82) is 0 Å². The van der Waals surface area contributed by atoms with Gasteiger partial charge < -0.3 is 4.90 Å². The first-order valence-electron chi connectivity index (χ1n) is 9.68. The highest BCUT2D eigenvalue weighted by Gasteiger charge is 2.27. The number of ketones is 1. The van der Waals surface area contributed by atoms with Gasteiger partial charge in [0, 0.05) is 29.9 Å². The van der Waals surface area contributed by atoms with E-state index < -0.39 is 0 Å². The fourth-order valence-electron chi connectivity index (χ4n) is 4.07. The monoisotopic (exact) mass is 343 g/mol. The van der Waals surface area contributed by atoms with Crippen molar-refractivity contribution in [3.8, 4) is 0 Å². The predicted octanol–water partition coefficient (Wildman–Crippen LogP) is 5.33. The van der Waals surface area contributed by atoms with Gasteiger partial charge in [0.25, 0.3) is 0 Å². The van der Waals surface area contributed by atoms with E-state index in [2.05, 4.69) is 23.1 Å². The molecule has 0 amide bonds. The van der Waals surface area contributed by atoms with Crippen LogP contribution in [0.5, 0.6) is 0 Å². The van der Waals surface area contributed by atoms with Crippen molar-refractivity contribution in [2.75, 3.05) is 13.1 Å². The van der Waals surface area contributed by atoms with Crippen molar-refractivity contribution in [2.24, 2.45) is 0 Å². The fourth-order valence-corrected chi connectivity index (χ4v) is 4.07. The summed E-state index contributed by atoms with van der Waals surface area (Å²) in [5.74, 6) is 0.170. The molecule has 132 valence electrons. The van der Waals surface area contributed by atoms with Gasteiger partial charge in [0.05, 0.1) is 0 Å². The quantitative estimate of drug-likeness (QED) is 0.751. The topological polar surface area (TPSA) is 20.3 Å². The van der Waals surface area contributed by atoms with E-state index in [9.17, 15) is 4.79 Å². The maximum absolute atomic E-state index is 13.7. The Hall–Kier alpha value is -2.61. The lowest BCUT2D eigenvalue weighted by Gasteiger charge is -2.27. The molecular formula is C24H25NO. The molecule has 0 unspecified atom stereocenters. The molecule has 1 heterocycles. The van der Waals surface area contributed by atoms with Crippen molar-refractivity contribution in [3.05, 3.63) is 83.6 Å². The smallest absolute Gasteiger partial charge is 0.195 e. The molecule has 2 nitrogen and oxygen atoms in total. The molecule has 2 heteroatoms. The lowest BCUT2D eigenvalue weighted by molar-refractivity contribution is -0.108. The van der Waals surface area contributed by atoms with Gasteiger partial charge in [-0.2, -0.15) is 0 Å². The van der Waals surface area contributed by atoms with E-state index in [1.807, 2.05) is 48.5 Å². The molecule has 1 saturated heterocycles. The average Bonchev–Trinajstić information content (AvgIpc) is 3.21. The van der Waals surface area contributed by atoms with E-state index in [1.54, 1.807) is 0 Å². The zero-order valence-corrected chi connectivity index (χ0v) is 15.2. The molecule has 2 aliphatic rings. The lowest BCUT2D eigenvalue weighted by Crippen LogP contribution is -2.23. The van der Waals surface area contributed by atoms with Crippen LogP contribution in [0, 0.1) is 0 Å². The number of carbonyl (C=O) groups excluding carboxylic acids is 1. The molecular weight excluding hydrogens is 318 g/mol. The minimum Gasteiger partial charge on any atom is -0.374 e. The molecule has 0 N–H and O–H groups in total. The molecule has 0 saturated carbocycles. The SMILES string of the molecule is O=C1/C(c2ccccc2)=C\CCC/C(N2CCCC2)=C\1c1ccccc1. The van der Waals surface area contributed by atoms with Gasteiger partial charge in [0.2, 0.25) is 0 Å². The minimum atomic E-state index is 0.170. The molecule has 2 aromatic carbocycles. The third kappa shape index (κ3) is 3.37. The van der Waals surface area contributed by atoms with Crippen LogP contribution in [0.25, 0.3) is 11.1 Å². The zero-order valence-electron chi connectivity index (χ0n) is 15.2. The van der Waals surface area contributed by atoms with Crippen LogP contribution >= 0.6 is 0 Å². The van der Waals surface area contributed by atoms with E-state index in [-0.39, 0.29) is 5.78 Å². The molecule has 4 rings (SSSR count). The van der Waals surface area contributed by atoms with Crippen LogP contribution in [0.4, 0.5) is 0 Å². The summed E-state index contributed by atoms with van der Waals surface area (Å²) in [7, 11) is 0. The number of nitrogens with zero attached hydrogens (tertiary/aromatic N) is 1. The second kappa shape index (κ2) is 7.74. The summed E-state index contributed by atoms with van der Waals surface area (Å²) in [6.07, 6.45) is 7.61. The average molecular weight is 343 g/mol. The molecule has 0 aromatic heterocycles. The van der Waals surface area contributed by atoms with E-state index in [0.29, 0.717) is 0 Å². The number of Topliss-reactive ketones (excluding diaryl/α,β-unsaturated/α-hetero) is 1. The molecule has 1 fully saturated rings. The number of hydrogen-bond acceptors (Lipinski definition) is 2. The lowest BCUT2D eigenvalue weighted by atomic mass is 9.87. The normalized spacial score (nSPS) is 23.3. The third-order valence-electron chi connectivity index (χ3n) is 5.36. The second-order valence-electron chi connectivity index (χ2n) is 7.09. The molecule has 0 bridgehead atoms. The molecule has 0 spiro atoms. The first-order valence-corrected chi connectivity index (χ1v) is 9.68. The Labute approximate surface area is 155 Å². The van der Waals surface area contributed by atoms with Crippen molar-refractivity contribution in [3.63, 3.8) is 0 Å². The van der Waals surface area contributed by atoms with Crippen molar-refractivity contribution in [1.82, 2.24) is 4.90 Å². The molecule has 1 aliphatic carbocycles. The number of allylic oxidation sites excluding steroid dienone is 4. The maximum atomic E-state index is 13.7. The number of benzene rings is 2. The first-order chi connectivity index (χ1) is 12.8. The van der Waals surface area contributed by atoms with E-state index in [4.69, 9.17) is 0 Å². The van der Waals surface area contributed by atoms with Gasteiger partial charge in [-0.25, -0.2) is 0 Å². The Morgan fingerprint density at radius 3 is 2.00 bits per heavy atom. The largest absolute Gasteiger partial charge is 0.374 e. The highest BCUT2D eigenvalue weighted by molar-refractivity contribution is 6.42. The Kier molecular flexibility index (Phi) is 5.01. The van der Waals surface area contributed by atoms with Crippen molar-refractivity contribution in [2.45, 2.75) is 32.1 Å². The molecule has 26 heavy (non-hydrogen) atoms. The molecule has 1 aliphatic heterocycles. The fraction of sp³-hybridized carbons (Fsp3) is 0.292. The van der Waals surface area contributed by atoms with Gasteiger partial charge >= 0.3 is 0 Å². The highest BCUT2D eigenvalue weighted by Crippen LogP contribution is 2.35. The Morgan fingerprint density at radius 2 is 1.35 bits per heavy atom. The Bertz CT molecular complexity index is 827. The number of carbonyl (C=O) groups is 1. The van der Waals surface area contributed by atoms with Gasteiger partial charge in [-0.3, -0.25) is 4.79 Å². The van der Waals surface area contributed by atoms with Crippen LogP contribution in [-0.2, 0) is 4.79 Å². The van der Waals surface area contributed by atoms with E-state index in [1.165, 1.54) is 18.5 Å². The van der Waals surface area contributed by atoms with Crippen LogP contribution < -0.4 is 0 Å². The summed E-state index contributed by atoms with van der Waals surface area (Å²) >= 11 is 0. The predicted molar refractivity (Wildman–Crippen MR) is 107 cm³/mol. The van der Waals surface area contributed by atoms with Gasteiger partial charge in [-0.05, 0) is 43.2 Å². The summed E-state index contributed by atoms with van der Waals surface area (Å²) in [4.78, 5) is 16.2. The molecule has 0 radical (unpaired) electrons. The van der Waals surface area contributed by atoms with Gasteiger partial charge in [0.15, 0.2) is 5.78 Å². The van der Waals surface area contributed by atoms with Crippen LogP contribution in [0.15, 0.2) is 72.4 Å². The summed E-state index contributed by atoms with van der Waals surface area (Å²) in [6.45, 7) is 2.15. The second-order valence-corrected chi connectivity index (χ2v) is 7.09. The number of hydrogen-bond donors (Lipinski definition) is 0. The molecule has 0 atom stereocenters. The summed E-state index contributed by atoms with van der Waals surface area (Å²) in [6, 6.07) is 20.3. The van der Waals surface area contributed by atoms with Crippen LogP contribution in [-0.4, -0.2) is 23.8 Å². The molecule has 2 aromatic rings. The van der Waals surface area contributed by atoms with E-state index >= 15 is 0 Å². The van der Waals surface area contributed by atoms with Gasteiger partial charge in [-0.1, -0.05) is 66.7 Å². The zero-order chi connectivity index (χ0) is 17.8. The van der Waals surface area contributed by atoms with Crippen LogP contribution in [0.3, 0.4) is 0 Å². The van der Waals surface area contributed by atoms with Gasteiger partial charge in [0.1, 0.15) is 0 Å². The van der Waals surface area contributed by atoms with Crippen LogP contribution in [0.1, 0.15) is 43.2 Å². The van der Waals surface area contributed by atoms with Crippen molar-refractivity contribution >= 4 is 16.9 Å². The van der Waals surface area contributed by atoms with Crippen LogP contribution in [0.2, 0.25) is 0 Å². The Morgan fingerprint density at radius 1 is 0.731 bits per heavy atom. The number of rotatable bonds is 3. The highest BCUT2D eigenvalue weighted by atomic mass is 16.1. The van der Waals surface area contributed by atoms with Gasteiger partial charge in [-0.15, -0.1) is 0 Å². The van der Waals surface area contributed by atoms with E-state index in [0.717, 1.165) is 54.6 Å². The first kappa shape index (κ1) is 16.8. The summed E-state index contributed by atoms with van der Waals surface area (Å²) in [5, 5.41) is 0. The Balaban J connectivity index is 1.85. The standard InChI is InChI=1S/C24H25NO/c26-24-21(19-11-3-1-4-12-19)15-7-8-16-22(25-17-9-10-18-25)23(24)20-13-5-2-6-14-20/h1-6,11-15H,7-10,16-18H2/b21-15-,23-22+. The summed E-state index contributed by atoms with van der Waals surface area (Å²) < 4.78 is 0. The minimum absolute atomic E-state index is 0.170. The maximum Gasteiger partial charge on any atom is 0.195 e. The number of likely N-dealkylation sites (tertiary alicyclic amines) is 1. The summed E-state index contributed by atoms with van der Waals surface area (Å²) in [5.41, 5.74) is 5.07.